The summed E-state index contributed by atoms with van der Waals surface area (Å²) in [5.41, 5.74) is 3.85. The van der Waals surface area contributed by atoms with Crippen molar-refractivity contribution in [1.82, 2.24) is 4.90 Å². The van der Waals surface area contributed by atoms with E-state index in [-0.39, 0.29) is 11.8 Å². The Morgan fingerprint density at radius 2 is 1.17 bits per heavy atom. The third-order valence-corrected chi connectivity index (χ3v) is 7.11. The summed E-state index contributed by atoms with van der Waals surface area (Å²) in [5.74, 6) is 0.408. The van der Waals surface area contributed by atoms with Crippen LogP contribution in [0.1, 0.15) is 35.1 Å². The molecule has 0 bridgehead atoms. The molecule has 0 spiro atoms. The van der Waals surface area contributed by atoms with E-state index in [1.54, 1.807) is 0 Å². The van der Waals surface area contributed by atoms with Crippen molar-refractivity contribution in [3.63, 3.8) is 0 Å². The fraction of sp³-hybridized carbons (Fsp3) is 0.242. The number of ether oxygens (including phenoxy) is 1. The summed E-state index contributed by atoms with van der Waals surface area (Å²) in [7, 11) is 0. The molecule has 4 aromatic rings. The lowest BCUT2D eigenvalue weighted by molar-refractivity contribution is -0.127. The van der Waals surface area contributed by atoms with Crippen molar-refractivity contribution in [1.29, 1.82) is 0 Å². The summed E-state index contributed by atoms with van der Waals surface area (Å²) in [6.45, 7) is 2.06. The first-order valence-corrected chi connectivity index (χ1v) is 12.9. The SMILES string of the molecule is O=C1CC(COC(c2ccccc2)(c2ccccc2)c2ccccc2)CN1CCCc1ccccc1. The third kappa shape index (κ3) is 5.27. The minimum absolute atomic E-state index is 0.171. The molecule has 4 aromatic carbocycles. The molecule has 36 heavy (non-hydrogen) atoms. The number of nitrogens with zero attached hydrogens (tertiary/aromatic N) is 1. The van der Waals surface area contributed by atoms with Gasteiger partial charge in [0.2, 0.25) is 5.91 Å². The van der Waals surface area contributed by atoms with E-state index >= 15 is 0 Å². The van der Waals surface area contributed by atoms with Crippen molar-refractivity contribution in [3.8, 4) is 0 Å². The average Bonchev–Trinajstić information content (AvgIpc) is 3.30. The minimum atomic E-state index is -0.743. The number of rotatable bonds is 10. The first-order chi connectivity index (χ1) is 17.8. The highest BCUT2D eigenvalue weighted by atomic mass is 16.5. The molecule has 1 heterocycles. The van der Waals surface area contributed by atoms with Crippen molar-refractivity contribution in [2.45, 2.75) is 24.9 Å². The Bertz CT molecular complexity index is 1130. The first-order valence-electron chi connectivity index (χ1n) is 12.9. The van der Waals surface area contributed by atoms with Crippen LogP contribution in [0.15, 0.2) is 121 Å². The molecule has 0 radical (unpaired) electrons. The van der Waals surface area contributed by atoms with Crippen LogP contribution in [0.4, 0.5) is 0 Å². The van der Waals surface area contributed by atoms with Crippen molar-refractivity contribution in [3.05, 3.63) is 144 Å². The van der Waals surface area contributed by atoms with Crippen LogP contribution >= 0.6 is 0 Å². The maximum Gasteiger partial charge on any atom is 0.223 e. The highest BCUT2D eigenvalue weighted by molar-refractivity contribution is 5.78. The van der Waals surface area contributed by atoms with Gasteiger partial charge >= 0.3 is 0 Å². The van der Waals surface area contributed by atoms with Gasteiger partial charge in [0.25, 0.3) is 0 Å². The number of benzene rings is 4. The molecular formula is C33H33NO2. The Balaban J connectivity index is 1.34. The third-order valence-electron chi connectivity index (χ3n) is 7.11. The zero-order chi connectivity index (χ0) is 24.6. The Morgan fingerprint density at radius 3 is 1.67 bits per heavy atom. The molecule has 3 heteroatoms. The fourth-order valence-electron chi connectivity index (χ4n) is 5.31. The van der Waals surface area contributed by atoms with Crippen LogP contribution in [-0.2, 0) is 21.6 Å². The number of hydrogen-bond donors (Lipinski definition) is 0. The second kappa shape index (κ2) is 11.4. The molecule has 0 aromatic heterocycles. The van der Waals surface area contributed by atoms with Crippen LogP contribution in [0, 0.1) is 5.92 Å². The fourth-order valence-corrected chi connectivity index (χ4v) is 5.31. The van der Waals surface area contributed by atoms with Gasteiger partial charge in [-0.3, -0.25) is 4.79 Å². The molecule has 1 fully saturated rings. The lowest BCUT2D eigenvalue weighted by Gasteiger charge is -2.36. The van der Waals surface area contributed by atoms with Crippen LogP contribution in [0.2, 0.25) is 0 Å². The summed E-state index contributed by atoms with van der Waals surface area (Å²) >= 11 is 0. The van der Waals surface area contributed by atoms with E-state index in [2.05, 4.69) is 97.1 Å². The van der Waals surface area contributed by atoms with Crippen LogP contribution in [-0.4, -0.2) is 30.5 Å². The van der Waals surface area contributed by atoms with Gasteiger partial charge in [0.05, 0.1) is 6.61 Å². The Labute approximate surface area is 214 Å². The van der Waals surface area contributed by atoms with Gasteiger partial charge in [-0.2, -0.15) is 0 Å². The van der Waals surface area contributed by atoms with Gasteiger partial charge in [0.15, 0.2) is 0 Å². The van der Waals surface area contributed by atoms with Gasteiger partial charge in [-0.25, -0.2) is 0 Å². The van der Waals surface area contributed by atoms with Crippen LogP contribution in [0.3, 0.4) is 0 Å². The standard InChI is InChI=1S/C33H33NO2/c35-32-24-28(25-34(32)23-13-16-27-14-5-1-6-15-27)26-36-33(29-17-7-2-8-18-29,30-19-9-3-10-20-30)31-21-11-4-12-22-31/h1-12,14-15,17-22,28H,13,16,23-26H2. The quantitative estimate of drug-likeness (QED) is 0.246. The second-order valence-electron chi connectivity index (χ2n) is 9.59. The van der Waals surface area contributed by atoms with E-state index in [0.717, 1.165) is 42.6 Å². The Morgan fingerprint density at radius 1 is 0.694 bits per heavy atom. The van der Waals surface area contributed by atoms with E-state index in [0.29, 0.717) is 13.0 Å². The van der Waals surface area contributed by atoms with Gasteiger partial charge in [-0.1, -0.05) is 121 Å². The van der Waals surface area contributed by atoms with Crippen molar-refractivity contribution in [2.75, 3.05) is 19.7 Å². The van der Waals surface area contributed by atoms with E-state index in [9.17, 15) is 4.79 Å². The van der Waals surface area contributed by atoms with Gasteiger partial charge in [-0.05, 0) is 35.1 Å². The predicted octanol–water partition coefficient (Wildman–Crippen LogP) is 6.48. The monoisotopic (exact) mass is 475 g/mol. The summed E-state index contributed by atoms with van der Waals surface area (Å²) in [5, 5.41) is 0. The van der Waals surface area contributed by atoms with Crippen LogP contribution < -0.4 is 0 Å². The summed E-state index contributed by atoms with van der Waals surface area (Å²) in [6, 6.07) is 41.8. The molecule has 1 amide bonds. The highest BCUT2D eigenvalue weighted by Crippen LogP contribution is 2.41. The maximum absolute atomic E-state index is 12.8. The maximum atomic E-state index is 12.8. The van der Waals surface area contributed by atoms with Gasteiger partial charge < -0.3 is 9.64 Å². The normalized spacial score (nSPS) is 15.8. The lowest BCUT2D eigenvalue weighted by Crippen LogP contribution is -2.35. The smallest absolute Gasteiger partial charge is 0.223 e. The van der Waals surface area contributed by atoms with Gasteiger partial charge in [0, 0.05) is 25.4 Å². The number of carbonyl (C=O) groups is 1. The highest BCUT2D eigenvalue weighted by Gasteiger charge is 2.39. The number of amides is 1. The first kappa shape index (κ1) is 24.0. The molecule has 1 unspecified atom stereocenters. The van der Waals surface area contributed by atoms with E-state index in [4.69, 9.17) is 4.74 Å². The Kier molecular flexibility index (Phi) is 7.58. The second-order valence-corrected chi connectivity index (χ2v) is 9.59. The molecular weight excluding hydrogens is 442 g/mol. The topological polar surface area (TPSA) is 29.5 Å². The minimum Gasteiger partial charge on any atom is -0.360 e. The molecule has 1 saturated heterocycles. The molecule has 0 N–H and O–H groups in total. The van der Waals surface area contributed by atoms with Gasteiger partial charge in [0.1, 0.15) is 5.60 Å². The van der Waals surface area contributed by atoms with Gasteiger partial charge in [-0.15, -0.1) is 0 Å². The number of carbonyl (C=O) groups excluding carboxylic acids is 1. The van der Waals surface area contributed by atoms with Crippen LogP contribution in [0.5, 0.6) is 0 Å². The average molecular weight is 476 g/mol. The summed E-state index contributed by atoms with van der Waals surface area (Å²) in [4.78, 5) is 14.9. The molecule has 1 atom stereocenters. The molecule has 0 aliphatic carbocycles. The van der Waals surface area contributed by atoms with Crippen molar-refractivity contribution >= 4 is 5.91 Å². The summed E-state index contributed by atoms with van der Waals surface area (Å²) in [6.07, 6.45) is 2.51. The van der Waals surface area contributed by atoms with Crippen LogP contribution in [0.25, 0.3) is 0 Å². The molecule has 1 aliphatic rings. The zero-order valence-corrected chi connectivity index (χ0v) is 20.6. The van der Waals surface area contributed by atoms with Crippen molar-refractivity contribution < 1.29 is 9.53 Å². The van der Waals surface area contributed by atoms with E-state index in [1.807, 2.05) is 29.2 Å². The molecule has 5 rings (SSSR count). The zero-order valence-electron chi connectivity index (χ0n) is 20.6. The molecule has 3 nitrogen and oxygen atoms in total. The number of hydrogen-bond acceptors (Lipinski definition) is 2. The largest absolute Gasteiger partial charge is 0.360 e. The number of aryl methyl sites for hydroxylation is 1. The van der Waals surface area contributed by atoms with Crippen molar-refractivity contribution in [2.24, 2.45) is 5.92 Å². The lowest BCUT2D eigenvalue weighted by atomic mass is 9.80. The van der Waals surface area contributed by atoms with E-state index in [1.165, 1.54) is 5.56 Å². The molecule has 0 saturated carbocycles. The summed E-state index contributed by atoms with van der Waals surface area (Å²) < 4.78 is 6.96. The van der Waals surface area contributed by atoms with E-state index < -0.39 is 5.60 Å². The Hall–Kier alpha value is -3.69. The molecule has 1 aliphatic heterocycles. The number of likely N-dealkylation sites (tertiary alicyclic amines) is 1. The molecule has 182 valence electrons. The predicted molar refractivity (Wildman–Crippen MR) is 145 cm³/mol.